The maximum atomic E-state index is 13.7. The average Bonchev–Trinajstić information content (AvgIpc) is 2.75. The van der Waals surface area contributed by atoms with Crippen molar-refractivity contribution in [3.8, 4) is 6.01 Å². The van der Waals surface area contributed by atoms with Crippen molar-refractivity contribution in [2.24, 2.45) is 0 Å². The van der Waals surface area contributed by atoms with Crippen LogP contribution in [0.5, 0.6) is 6.01 Å². The summed E-state index contributed by atoms with van der Waals surface area (Å²) in [6, 6.07) is 3.62. The summed E-state index contributed by atoms with van der Waals surface area (Å²) in [6.07, 6.45) is 0. The second-order valence-electron chi connectivity index (χ2n) is 3.58. The van der Waals surface area contributed by atoms with E-state index in [-0.39, 0.29) is 12.0 Å². The predicted molar refractivity (Wildman–Crippen MR) is 72.5 cm³/mol. The molecule has 0 amide bonds. The molecule has 0 atom stereocenters. The van der Waals surface area contributed by atoms with Crippen LogP contribution < -0.4 is 9.46 Å². The lowest BCUT2D eigenvalue weighted by molar-refractivity contribution is 0.314. The Balaban J connectivity index is 2.26. The Morgan fingerprint density at radius 1 is 1.50 bits per heavy atom. The molecule has 1 aromatic carbocycles. The minimum atomic E-state index is -4.10. The van der Waals surface area contributed by atoms with Crippen LogP contribution in [-0.2, 0) is 10.0 Å². The van der Waals surface area contributed by atoms with Crippen LogP contribution in [0.4, 0.5) is 10.3 Å². The normalized spacial score (nSPS) is 11.3. The molecule has 0 spiro atoms. The molecular weight excluding hydrogens is 355 g/mol. The summed E-state index contributed by atoms with van der Waals surface area (Å²) in [7, 11) is -4.10. The van der Waals surface area contributed by atoms with Gasteiger partial charge in [-0.1, -0.05) is 15.9 Å². The first kappa shape index (κ1) is 14.7. The molecule has 1 heterocycles. The highest BCUT2D eigenvalue weighted by Gasteiger charge is 2.21. The van der Waals surface area contributed by atoms with Gasteiger partial charge in [-0.2, -0.15) is 4.98 Å². The summed E-state index contributed by atoms with van der Waals surface area (Å²) >= 11 is 3.05. The third-order valence-corrected chi connectivity index (χ3v) is 4.02. The van der Waals surface area contributed by atoms with Gasteiger partial charge in [-0.15, -0.1) is 5.10 Å². The maximum Gasteiger partial charge on any atom is 0.337 e. The number of aromatic nitrogens is 3. The summed E-state index contributed by atoms with van der Waals surface area (Å²) in [5, 5.41) is 5.97. The SMILES string of the molecule is CCOc1n[nH]c(NS(=O)(=O)c2ccc(Br)cc2F)n1. The monoisotopic (exact) mass is 364 g/mol. The van der Waals surface area contributed by atoms with Crippen molar-refractivity contribution in [3.63, 3.8) is 0 Å². The highest BCUT2D eigenvalue weighted by molar-refractivity contribution is 9.10. The lowest BCUT2D eigenvalue weighted by Crippen LogP contribution is -2.15. The molecule has 108 valence electrons. The molecule has 20 heavy (non-hydrogen) atoms. The molecule has 0 fully saturated rings. The Morgan fingerprint density at radius 2 is 2.25 bits per heavy atom. The third-order valence-electron chi connectivity index (χ3n) is 2.15. The smallest absolute Gasteiger partial charge is 0.337 e. The summed E-state index contributed by atoms with van der Waals surface area (Å²) < 4.78 is 45.2. The molecule has 2 aromatic rings. The van der Waals surface area contributed by atoms with Crippen molar-refractivity contribution in [2.75, 3.05) is 11.3 Å². The van der Waals surface area contributed by atoms with Gasteiger partial charge >= 0.3 is 6.01 Å². The molecule has 0 radical (unpaired) electrons. The van der Waals surface area contributed by atoms with Gasteiger partial charge in [-0.25, -0.2) is 22.6 Å². The van der Waals surface area contributed by atoms with Crippen LogP contribution in [0, 0.1) is 5.82 Å². The lowest BCUT2D eigenvalue weighted by atomic mass is 10.3. The van der Waals surface area contributed by atoms with E-state index in [0.29, 0.717) is 11.1 Å². The Bertz CT molecular complexity index is 719. The molecule has 1 aromatic heterocycles. The minimum absolute atomic E-state index is 0.00137. The van der Waals surface area contributed by atoms with E-state index in [1.54, 1.807) is 6.92 Å². The fourth-order valence-corrected chi connectivity index (χ4v) is 2.71. The van der Waals surface area contributed by atoms with Crippen LogP contribution in [0.15, 0.2) is 27.6 Å². The van der Waals surface area contributed by atoms with Gasteiger partial charge in [0, 0.05) is 4.47 Å². The van der Waals surface area contributed by atoms with Crippen molar-refractivity contribution < 1.29 is 17.5 Å². The van der Waals surface area contributed by atoms with Crippen LogP contribution in [0.25, 0.3) is 0 Å². The molecule has 0 aliphatic rings. The van der Waals surface area contributed by atoms with Gasteiger partial charge in [-0.3, -0.25) is 0 Å². The number of hydrogen-bond donors (Lipinski definition) is 2. The number of anilines is 1. The number of hydrogen-bond acceptors (Lipinski definition) is 5. The number of sulfonamides is 1. The van der Waals surface area contributed by atoms with Gasteiger partial charge in [0.2, 0.25) is 5.95 Å². The summed E-state index contributed by atoms with van der Waals surface area (Å²) in [6.45, 7) is 2.07. The van der Waals surface area contributed by atoms with Gasteiger partial charge in [0.1, 0.15) is 10.7 Å². The van der Waals surface area contributed by atoms with Crippen molar-refractivity contribution in [3.05, 3.63) is 28.5 Å². The van der Waals surface area contributed by atoms with E-state index >= 15 is 0 Å². The second-order valence-corrected chi connectivity index (χ2v) is 6.15. The Morgan fingerprint density at radius 3 is 2.90 bits per heavy atom. The quantitative estimate of drug-likeness (QED) is 0.844. The van der Waals surface area contributed by atoms with E-state index < -0.39 is 20.7 Å². The summed E-state index contributed by atoms with van der Waals surface area (Å²) in [5.74, 6) is -1.04. The maximum absolute atomic E-state index is 13.7. The fraction of sp³-hybridized carbons (Fsp3) is 0.200. The number of nitrogens with one attached hydrogen (secondary N) is 2. The Kier molecular flexibility index (Phi) is 4.23. The third kappa shape index (κ3) is 3.25. The standard InChI is InChI=1S/C10H10BrFN4O3S/c1-2-19-10-13-9(14-15-10)16-20(17,18)8-4-3-6(11)5-7(8)12/h3-5H,2H2,1H3,(H2,13,14,15,16). The van der Waals surface area contributed by atoms with Gasteiger partial charge in [0.15, 0.2) is 0 Å². The number of H-pyrrole nitrogens is 1. The summed E-state index contributed by atoms with van der Waals surface area (Å²) in [4.78, 5) is 3.26. The van der Waals surface area contributed by atoms with Crippen molar-refractivity contribution in [1.82, 2.24) is 15.2 Å². The predicted octanol–water partition coefficient (Wildman–Crippen LogP) is 1.91. The van der Waals surface area contributed by atoms with Crippen LogP contribution in [0.3, 0.4) is 0 Å². The first-order valence-corrected chi connectivity index (χ1v) is 7.73. The van der Waals surface area contributed by atoms with E-state index in [0.717, 1.165) is 12.1 Å². The molecule has 0 unspecified atom stereocenters. The van der Waals surface area contributed by atoms with E-state index in [2.05, 4.69) is 35.8 Å². The average molecular weight is 365 g/mol. The summed E-state index contributed by atoms with van der Waals surface area (Å²) in [5.41, 5.74) is 0. The van der Waals surface area contributed by atoms with Crippen LogP contribution in [-0.4, -0.2) is 30.2 Å². The minimum Gasteiger partial charge on any atom is -0.463 e. The number of benzene rings is 1. The number of ether oxygens (including phenoxy) is 1. The van der Waals surface area contributed by atoms with Crippen LogP contribution in [0.2, 0.25) is 0 Å². The van der Waals surface area contributed by atoms with Crippen LogP contribution in [0.1, 0.15) is 6.92 Å². The lowest BCUT2D eigenvalue weighted by Gasteiger charge is -2.06. The molecule has 0 saturated carbocycles. The van der Waals surface area contributed by atoms with Gasteiger partial charge in [0.25, 0.3) is 10.0 Å². The number of halogens is 2. The largest absolute Gasteiger partial charge is 0.463 e. The first-order valence-electron chi connectivity index (χ1n) is 5.45. The number of aromatic amines is 1. The van der Waals surface area contributed by atoms with E-state index in [9.17, 15) is 12.8 Å². The fourth-order valence-electron chi connectivity index (χ4n) is 1.36. The van der Waals surface area contributed by atoms with E-state index in [4.69, 9.17) is 4.74 Å². The Labute approximate surface area is 122 Å². The molecular formula is C10H10BrFN4O3S. The van der Waals surface area contributed by atoms with E-state index in [1.165, 1.54) is 6.07 Å². The van der Waals surface area contributed by atoms with Crippen molar-refractivity contribution in [2.45, 2.75) is 11.8 Å². The molecule has 7 nitrogen and oxygen atoms in total. The number of nitrogens with zero attached hydrogens (tertiary/aromatic N) is 2. The van der Waals surface area contributed by atoms with Crippen molar-refractivity contribution in [1.29, 1.82) is 0 Å². The first-order chi connectivity index (χ1) is 9.42. The molecule has 0 aliphatic carbocycles. The molecule has 2 rings (SSSR count). The van der Waals surface area contributed by atoms with Crippen LogP contribution >= 0.6 is 15.9 Å². The van der Waals surface area contributed by atoms with E-state index in [1.807, 2.05) is 0 Å². The van der Waals surface area contributed by atoms with Gasteiger partial charge < -0.3 is 4.74 Å². The molecule has 0 aliphatic heterocycles. The topological polar surface area (TPSA) is 97.0 Å². The number of rotatable bonds is 5. The van der Waals surface area contributed by atoms with Gasteiger partial charge in [0.05, 0.1) is 6.61 Å². The molecule has 2 N–H and O–H groups in total. The second kappa shape index (κ2) is 5.75. The molecule has 10 heteroatoms. The molecule has 0 bridgehead atoms. The highest BCUT2D eigenvalue weighted by Crippen LogP contribution is 2.21. The zero-order valence-corrected chi connectivity index (χ0v) is 12.6. The Hall–Kier alpha value is -1.68. The van der Waals surface area contributed by atoms with Crippen molar-refractivity contribution >= 4 is 31.9 Å². The zero-order valence-electron chi connectivity index (χ0n) is 10.2. The molecule has 0 saturated heterocycles. The highest BCUT2D eigenvalue weighted by atomic mass is 79.9. The van der Waals surface area contributed by atoms with Gasteiger partial charge in [-0.05, 0) is 25.1 Å². The zero-order chi connectivity index (χ0) is 14.8.